The molecule has 9 nitrogen and oxygen atoms in total. The lowest BCUT2D eigenvalue weighted by atomic mass is 10.1. The third-order valence-corrected chi connectivity index (χ3v) is 5.48. The summed E-state index contributed by atoms with van der Waals surface area (Å²) < 4.78 is 28.2. The molecule has 1 N–H and O–H groups in total. The van der Waals surface area contributed by atoms with E-state index < -0.39 is 10.0 Å². The van der Waals surface area contributed by atoms with Crippen molar-refractivity contribution in [1.82, 2.24) is 24.0 Å². The maximum absolute atomic E-state index is 12.6. The van der Waals surface area contributed by atoms with E-state index in [1.54, 1.807) is 9.47 Å². The SMILES string of the molecule is CS(=O)(=O)NC1CCCN(C(=O)Cn2nc3n(c2=O)CCCCC3)C1. The van der Waals surface area contributed by atoms with E-state index in [1.165, 1.54) is 4.68 Å². The first-order valence-electron chi connectivity index (χ1n) is 8.75. The van der Waals surface area contributed by atoms with Crippen molar-refractivity contribution in [3.63, 3.8) is 0 Å². The molecule has 0 spiro atoms. The van der Waals surface area contributed by atoms with Gasteiger partial charge in [0.1, 0.15) is 12.4 Å². The molecule has 1 aromatic rings. The van der Waals surface area contributed by atoms with E-state index >= 15 is 0 Å². The van der Waals surface area contributed by atoms with Crippen LogP contribution in [0.1, 0.15) is 37.9 Å². The van der Waals surface area contributed by atoms with Crippen molar-refractivity contribution in [1.29, 1.82) is 0 Å². The van der Waals surface area contributed by atoms with Gasteiger partial charge in [0.05, 0.1) is 6.26 Å². The molecule has 1 saturated heterocycles. The Hall–Kier alpha value is -1.68. The Morgan fingerprint density at radius 1 is 1.24 bits per heavy atom. The van der Waals surface area contributed by atoms with Gasteiger partial charge in [0.25, 0.3) is 0 Å². The number of rotatable bonds is 4. The summed E-state index contributed by atoms with van der Waals surface area (Å²) in [5, 5.41) is 4.33. The Balaban J connectivity index is 1.67. The van der Waals surface area contributed by atoms with E-state index in [-0.39, 0.29) is 24.2 Å². The van der Waals surface area contributed by atoms with Crippen molar-refractivity contribution >= 4 is 15.9 Å². The monoisotopic (exact) mass is 371 g/mol. The molecule has 1 amide bonds. The second-order valence-corrected chi connectivity index (χ2v) is 8.67. The van der Waals surface area contributed by atoms with Gasteiger partial charge in [-0.1, -0.05) is 6.42 Å². The second kappa shape index (κ2) is 7.28. The van der Waals surface area contributed by atoms with Crippen molar-refractivity contribution in [2.45, 2.75) is 57.7 Å². The molecule has 0 saturated carbocycles. The zero-order chi connectivity index (χ0) is 18.0. The van der Waals surface area contributed by atoms with Gasteiger partial charge in [-0.05, 0) is 25.7 Å². The van der Waals surface area contributed by atoms with Crippen molar-refractivity contribution in [3.05, 3.63) is 16.3 Å². The molecule has 140 valence electrons. The molecular formula is C15H25N5O4S. The summed E-state index contributed by atoms with van der Waals surface area (Å²) >= 11 is 0. The molecule has 0 radical (unpaired) electrons. The van der Waals surface area contributed by atoms with Crippen LogP contribution >= 0.6 is 0 Å². The minimum Gasteiger partial charge on any atom is -0.339 e. The first-order valence-corrected chi connectivity index (χ1v) is 10.6. The Bertz CT molecular complexity index is 797. The van der Waals surface area contributed by atoms with Crippen LogP contribution in [-0.2, 0) is 34.3 Å². The molecule has 2 aliphatic heterocycles. The molecule has 0 aliphatic carbocycles. The fourth-order valence-corrected chi connectivity index (χ4v) is 4.36. The molecule has 3 rings (SSSR count). The van der Waals surface area contributed by atoms with Crippen LogP contribution < -0.4 is 10.4 Å². The Kier molecular flexibility index (Phi) is 5.28. The zero-order valence-electron chi connectivity index (χ0n) is 14.5. The van der Waals surface area contributed by atoms with Crippen LogP contribution in [0.15, 0.2) is 4.79 Å². The minimum atomic E-state index is -3.30. The Labute approximate surface area is 147 Å². The quantitative estimate of drug-likeness (QED) is 0.754. The number of piperidine rings is 1. The fourth-order valence-electron chi connectivity index (χ4n) is 3.56. The van der Waals surface area contributed by atoms with Gasteiger partial charge in [0.2, 0.25) is 15.9 Å². The minimum absolute atomic E-state index is 0.0928. The molecule has 1 aromatic heterocycles. The summed E-state index contributed by atoms with van der Waals surface area (Å²) in [6.07, 6.45) is 6.37. The van der Waals surface area contributed by atoms with Gasteiger partial charge in [0, 0.05) is 32.1 Å². The second-order valence-electron chi connectivity index (χ2n) is 6.89. The van der Waals surface area contributed by atoms with E-state index in [2.05, 4.69) is 9.82 Å². The summed E-state index contributed by atoms with van der Waals surface area (Å²) in [7, 11) is -3.30. The number of hydrogen-bond acceptors (Lipinski definition) is 5. The normalized spacial score (nSPS) is 21.6. The predicted molar refractivity (Wildman–Crippen MR) is 91.6 cm³/mol. The molecule has 1 unspecified atom stereocenters. The molecule has 10 heteroatoms. The standard InChI is InChI=1S/C15H25N5O4S/c1-25(23,24)17-12-6-5-8-18(10-12)14(21)11-20-15(22)19-9-4-2-3-7-13(19)16-20/h12,17H,2-11H2,1H3. The van der Waals surface area contributed by atoms with E-state index in [0.717, 1.165) is 44.2 Å². The van der Waals surface area contributed by atoms with Crippen molar-refractivity contribution < 1.29 is 13.2 Å². The third-order valence-electron chi connectivity index (χ3n) is 4.72. The summed E-state index contributed by atoms with van der Waals surface area (Å²) in [6, 6.07) is -0.275. The summed E-state index contributed by atoms with van der Waals surface area (Å²) in [5.41, 5.74) is -0.229. The first-order chi connectivity index (χ1) is 11.8. The third kappa shape index (κ3) is 4.49. The van der Waals surface area contributed by atoms with Gasteiger partial charge in [0.15, 0.2) is 0 Å². The molecule has 1 fully saturated rings. The van der Waals surface area contributed by atoms with Gasteiger partial charge >= 0.3 is 5.69 Å². The number of nitrogens with one attached hydrogen (secondary N) is 1. The van der Waals surface area contributed by atoms with Crippen molar-refractivity contribution in [2.75, 3.05) is 19.3 Å². The van der Waals surface area contributed by atoms with Gasteiger partial charge in [-0.15, -0.1) is 0 Å². The average molecular weight is 371 g/mol. The lowest BCUT2D eigenvalue weighted by Gasteiger charge is -2.32. The smallest absolute Gasteiger partial charge is 0.339 e. The number of likely N-dealkylation sites (tertiary alicyclic amines) is 1. The number of carbonyl (C=O) groups is 1. The molecule has 0 aromatic carbocycles. The van der Waals surface area contributed by atoms with Crippen molar-refractivity contribution in [3.8, 4) is 0 Å². The average Bonchev–Trinajstić information content (AvgIpc) is 2.72. The van der Waals surface area contributed by atoms with Gasteiger partial charge < -0.3 is 4.90 Å². The highest BCUT2D eigenvalue weighted by Gasteiger charge is 2.26. The zero-order valence-corrected chi connectivity index (χ0v) is 15.3. The number of amides is 1. The Morgan fingerprint density at radius 3 is 2.80 bits per heavy atom. The van der Waals surface area contributed by atoms with Crippen molar-refractivity contribution in [2.24, 2.45) is 0 Å². The van der Waals surface area contributed by atoms with Crippen LogP contribution in [0.2, 0.25) is 0 Å². The number of fused-ring (bicyclic) bond motifs is 1. The van der Waals surface area contributed by atoms with Crippen LogP contribution in [0.25, 0.3) is 0 Å². The number of sulfonamides is 1. The van der Waals surface area contributed by atoms with E-state index in [4.69, 9.17) is 0 Å². The molecule has 0 bridgehead atoms. The predicted octanol–water partition coefficient (Wildman–Crippen LogP) is -0.689. The highest BCUT2D eigenvalue weighted by atomic mass is 32.2. The first kappa shape index (κ1) is 18.1. The van der Waals surface area contributed by atoms with E-state index in [0.29, 0.717) is 26.1 Å². The number of hydrogen-bond donors (Lipinski definition) is 1. The molecule has 2 aliphatic rings. The van der Waals surface area contributed by atoms with Crippen LogP contribution in [-0.4, -0.2) is 59.0 Å². The van der Waals surface area contributed by atoms with Crippen LogP contribution in [0.5, 0.6) is 0 Å². The maximum Gasteiger partial charge on any atom is 0.346 e. The number of aryl methyl sites for hydroxylation is 1. The fraction of sp³-hybridized carbons (Fsp3) is 0.800. The van der Waals surface area contributed by atoms with Crippen LogP contribution in [0.3, 0.4) is 0 Å². The van der Waals surface area contributed by atoms with E-state index in [1.807, 2.05) is 0 Å². The number of nitrogens with zero attached hydrogens (tertiary/aromatic N) is 4. The largest absolute Gasteiger partial charge is 0.346 e. The summed E-state index contributed by atoms with van der Waals surface area (Å²) in [4.78, 5) is 26.6. The van der Waals surface area contributed by atoms with Gasteiger partial charge in [-0.2, -0.15) is 5.10 Å². The van der Waals surface area contributed by atoms with Crippen LogP contribution in [0.4, 0.5) is 0 Å². The Morgan fingerprint density at radius 2 is 2.04 bits per heavy atom. The summed E-state index contributed by atoms with van der Waals surface area (Å²) in [6.45, 7) is 1.47. The van der Waals surface area contributed by atoms with Gasteiger partial charge in [-0.3, -0.25) is 9.36 Å². The number of aromatic nitrogens is 3. The van der Waals surface area contributed by atoms with Gasteiger partial charge in [-0.25, -0.2) is 22.6 Å². The highest BCUT2D eigenvalue weighted by molar-refractivity contribution is 7.88. The number of carbonyl (C=O) groups excluding carboxylic acids is 1. The lowest BCUT2D eigenvalue weighted by Crippen LogP contribution is -2.50. The highest BCUT2D eigenvalue weighted by Crippen LogP contribution is 2.13. The topological polar surface area (TPSA) is 106 Å². The van der Waals surface area contributed by atoms with Crippen LogP contribution in [0, 0.1) is 0 Å². The van der Waals surface area contributed by atoms with E-state index in [9.17, 15) is 18.0 Å². The molecule has 1 atom stereocenters. The molecule has 3 heterocycles. The summed E-state index contributed by atoms with van der Waals surface area (Å²) in [5.74, 6) is 0.556. The lowest BCUT2D eigenvalue weighted by molar-refractivity contribution is -0.133. The maximum atomic E-state index is 12.6. The molecule has 25 heavy (non-hydrogen) atoms. The molecular weight excluding hydrogens is 346 g/mol.